The van der Waals surface area contributed by atoms with Crippen molar-refractivity contribution in [3.63, 3.8) is 0 Å². The van der Waals surface area contributed by atoms with Crippen LogP contribution < -0.4 is 9.47 Å². The second-order valence-corrected chi connectivity index (χ2v) is 6.43. The van der Waals surface area contributed by atoms with Gasteiger partial charge in [0.2, 0.25) is 12.7 Å². The highest BCUT2D eigenvalue weighted by Gasteiger charge is 2.29. The Morgan fingerprint density at radius 1 is 1.15 bits per heavy atom. The number of carbonyl (C=O) groups excluding carboxylic acids is 1. The first kappa shape index (κ1) is 17.0. The molecule has 0 saturated carbocycles. The van der Waals surface area contributed by atoms with Crippen molar-refractivity contribution in [2.75, 3.05) is 13.8 Å². The van der Waals surface area contributed by atoms with Gasteiger partial charge in [-0.3, -0.25) is 4.79 Å². The molecule has 1 aliphatic rings. The number of hydrogen-bond acceptors (Lipinski definition) is 6. The maximum atomic E-state index is 12.2. The number of benzene rings is 2. The summed E-state index contributed by atoms with van der Waals surface area (Å²) in [7, 11) is 1.73. The summed E-state index contributed by atoms with van der Waals surface area (Å²) < 4.78 is 12.5. The summed E-state index contributed by atoms with van der Waals surface area (Å²) in [6, 6.07) is 13.0. The highest BCUT2D eigenvalue weighted by molar-refractivity contribution is 5.74. The second kappa shape index (κ2) is 6.71. The van der Waals surface area contributed by atoms with E-state index in [2.05, 4.69) is 15.5 Å². The number of carbonyl (C=O) groups is 1. The molecule has 138 valence electrons. The Bertz CT molecular complexity index is 983. The first-order valence-corrected chi connectivity index (χ1v) is 8.53. The average Bonchev–Trinajstić information content (AvgIpc) is 3.31. The summed E-state index contributed by atoms with van der Waals surface area (Å²) in [5, 5.41) is 12.2. The molecule has 0 radical (unpaired) electrons. The van der Waals surface area contributed by atoms with E-state index in [-0.39, 0.29) is 12.7 Å². The number of nitrogens with zero attached hydrogens (tertiary/aromatic N) is 5. The van der Waals surface area contributed by atoms with Crippen LogP contribution in [0.4, 0.5) is 0 Å². The van der Waals surface area contributed by atoms with Gasteiger partial charge in [-0.15, -0.1) is 5.10 Å². The number of tetrazole rings is 1. The van der Waals surface area contributed by atoms with E-state index in [1.54, 1.807) is 16.6 Å². The summed E-state index contributed by atoms with van der Waals surface area (Å²) in [6.45, 7) is 3.72. The lowest BCUT2D eigenvalue weighted by molar-refractivity contribution is -0.129. The van der Waals surface area contributed by atoms with Gasteiger partial charge in [-0.2, -0.15) is 4.68 Å². The van der Waals surface area contributed by atoms with E-state index in [0.29, 0.717) is 17.3 Å². The van der Waals surface area contributed by atoms with Crippen LogP contribution in [0.2, 0.25) is 0 Å². The van der Waals surface area contributed by atoms with Gasteiger partial charge in [0.25, 0.3) is 0 Å². The van der Waals surface area contributed by atoms with Gasteiger partial charge in [-0.25, -0.2) is 0 Å². The van der Waals surface area contributed by atoms with E-state index in [1.807, 2.05) is 49.4 Å². The van der Waals surface area contributed by atoms with Crippen LogP contribution in [-0.4, -0.2) is 44.9 Å². The van der Waals surface area contributed by atoms with Gasteiger partial charge in [0.15, 0.2) is 17.3 Å². The molecule has 2 aromatic carbocycles. The average molecular weight is 365 g/mol. The van der Waals surface area contributed by atoms with E-state index in [4.69, 9.17) is 9.47 Å². The van der Waals surface area contributed by atoms with Gasteiger partial charge in [-0.1, -0.05) is 23.8 Å². The van der Waals surface area contributed by atoms with Gasteiger partial charge >= 0.3 is 0 Å². The molecule has 2 heterocycles. The van der Waals surface area contributed by atoms with Gasteiger partial charge < -0.3 is 14.4 Å². The molecule has 1 unspecified atom stereocenters. The third kappa shape index (κ3) is 3.10. The molecule has 8 heteroatoms. The van der Waals surface area contributed by atoms with Crippen molar-refractivity contribution in [3.05, 3.63) is 59.4 Å². The number of ether oxygens (including phenoxy) is 2. The quantitative estimate of drug-likeness (QED) is 0.705. The van der Waals surface area contributed by atoms with Gasteiger partial charge in [-0.05, 0) is 47.2 Å². The number of amides is 1. The fraction of sp³-hybridized carbons (Fsp3) is 0.263. The Hall–Kier alpha value is -3.42. The maximum absolute atomic E-state index is 12.2. The third-order valence-corrected chi connectivity index (χ3v) is 4.61. The first-order valence-electron chi connectivity index (χ1n) is 8.53. The number of rotatable bonds is 4. The van der Waals surface area contributed by atoms with Crippen molar-refractivity contribution in [3.8, 4) is 17.2 Å². The number of hydrogen-bond donors (Lipinski definition) is 0. The van der Waals surface area contributed by atoms with Crippen LogP contribution >= 0.6 is 0 Å². The predicted molar refractivity (Wildman–Crippen MR) is 96.7 cm³/mol. The van der Waals surface area contributed by atoms with E-state index in [1.165, 1.54) is 6.92 Å². The van der Waals surface area contributed by atoms with Crippen LogP contribution in [0.1, 0.15) is 29.9 Å². The normalized spacial score (nSPS) is 13.4. The van der Waals surface area contributed by atoms with Crippen molar-refractivity contribution in [1.29, 1.82) is 0 Å². The Morgan fingerprint density at radius 3 is 2.63 bits per heavy atom. The zero-order chi connectivity index (χ0) is 19.0. The molecule has 8 nitrogen and oxygen atoms in total. The highest BCUT2D eigenvalue weighted by Crippen LogP contribution is 2.37. The van der Waals surface area contributed by atoms with Gasteiger partial charge in [0.05, 0.1) is 5.69 Å². The van der Waals surface area contributed by atoms with Crippen LogP contribution in [0.3, 0.4) is 0 Å². The minimum Gasteiger partial charge on any atom is -0.454 e. The summed E-state index contributed by atoms with van der Waals surface area (Å²) in [5.41, 5.74) is 2.80. The maximum Gasteiger partial charge on any atom is 0.231 e. The van der Waals surface area contributed by atoms with Gasteiger partial charge in [0.1, 0.15) is 6.04 Å². The molecule has 0 spiro atoms. The van der Waals surface area contributed by atoms with E-state index in [0.717, 1.165) is 16.8 Å². The topological polar surface area (TPSA) is 82.4 Å². The molecule has 0 bridgehead atoms. The lowest BCUT2D eigenvalue weighted by Gasteiger charge is -2.26. The predicted octanol–water partition coefficient (Wildman–Crippen LogP) is 2.27. The van der Waals surface area contributed by atoms with Crippen LogP contribution in [-0.2, 0) is 4.79 Å². The minimum atomic E-state index is -0.478. The second-order valence-electron chi connectivity index (χ2n) is 6.43. The Morgan fingerprint density at radius 2 is 1.89 bits per heavy atom. The fourth-order valence-electron chi connectivity index (χ4n) is 3.05. The van der Waals surface area contributed by atoms with E-state index >= 15 is 0 Å². The Balaban J connectivity index is 1.82. The summed E-state index contributed by atoms with van der Waals surface area (Å²) in [4.78, 5) is 13.8. The van der Waals surface area contributed by atoms with Crippen LogP contribution in [0, 0.1) is 6.92 Å². The molecule has 0 N–H and O–H groups in total. The van der Waals surface area contributed by atoms with Crippen LogP contribution in [0.25, 0.3) is 5.69 Å². The van der Waals surface area contributed by atoms with Crippen molar-refractivity contribution in [1.82, 2.24) is 25.1 Å². The third-order valence-electron chi connectivity index (χ3n) is 4.61. The Kier molecular flexibility index (Phi) is 4.23. The van der Waals surface area contributed by atoms with Gasteiger partial charge in [0, 0.05) is 14.0 Å². The van der Waals surface area contributed by atoms with Crippen LogP contribution in [0.5, 0.6) is 11.5 Å². The summed E-state index contributed by atoms with van der Waals surface area (Å²) in [6.07, 6.45) is 0. The molecule has 0 fully saturated rings. The van der Waals surface area contributed by atoms with Crippen molar-refractivity contribution in [2.45, 2.75) is 19.9 Å². The number of fused-ring (bicyclic) bond motifs is 1. The standard InChI is InChI=1S/C19H19N5O3/c1-12-4-7-15(8-5-12)24-19(20-21-22-24)18(23(3)13(2)25)14-6-9-16-17(10-14)27-11-26-16/h4-10,18H,11H2,1-3H3. The molecule has 1 atom stereocenters. The molecular formula is C19H19N5O3. The molecule has 1 aliphatic heterocycles. The molecule has 0 aliphatic carbocycles. The largest absolute Gasteiger partial charge is 0.454 e. The molecule has 4 rings (SSSR count). The molecule has 3 aromatic rings. The SMILES string of the molecule is CC(=O)N(C)C(c1ccc2c(c1)OCO2)c1nnnn1-c1ccc(C)cc1. The van der Waals surface area contributed by atoms with Crippen molar-refractivity contribution >= 4 is 5.91 Å². The fourth-order valence-corrected chi connectivity index (χ4v) is 3.05. The monoisotopic (exact) mass is 365 g/mol. The number of aryl methyl sites for hydroxylation is 1. The van der Waals surface area contributed by atoms with Crippen molar-refractivity contribution in [2.24, 2.45) is 0 Å². The molecule has 27 heavy (non-hydrogen) atoms. The van der Waals surface area contributed by atoms with E-state index in [9.17, 15) is 4.79 Å². The minimum absolute atomic E-state index is 0.101. The molecule has 1 aromatic heterocycles. The zero-order valence-corrected chi connectivity index (χ0v) is 15.3. The summed E-state index contributed by atoms with van der Waals surface area (Å²) in [5.74, 6) is 1.76. The highest BCUT2D eigenvalue weighted by atomic mass is 16.7. The molecule has 1 amide bonds. The Labute approximate surface area is 156 Å². The number of aromatic nitrogens is 4. The van der Waals surface area contributed by atoms with Crippen LogP contribution in [0.15, 0.2) is 42.5 Å². The van der Waals surface area contributed by atoms with E-state index < -0.39 is 6.04 Å². The molecule has 0 saturated heterocycles. The lowest BCUT2D eigenvalue weighted by atomic mass is 10.0. The first-order chi connectivity index (χ1) is 13.0. The summed E-state index contributed by atoms with van der Waals surface area (Å²) >= 11 is 0. The molecular weight excluding hydrogens is 346 g/mol. The van der Waals surface area contributed by atoms with Crippen molar-refractivity contribution < 1.29 is 14.3 Å². The smallest absolute Gasteiger partial charge is 0.231 e. The lowest BCUT2D eigenvalue weighted by Crippen LogP contribution is -2.32. The zero-order valence-electron chi connectivity index (χ0n) is 15.3.